The summed E-state index contributed by atoms with van der Waals surface area (Å²) in [5.74, 6) is 0.351. The van der Waals surface area contributed by atoms with E-state index >= 15 is 0 Å². The molecule has 0 saturated carbocycles. The Kier molecular flexibility index (Phi) is 4.13. The molecular weight excluding hydrogens is 326 g/mol. The van der Waals surface area contributed by atoms with E-state index in [1.165, 1.54) is 4.31 Å². The van der Waals surface area contributed by atoms with E-state index in [0.717, 1.165) is 12.8 Å². The van der Waals surface area contributed by atoms with Gasteiger partial charge in [0, 0.05) is 22.9 Å². The molecule has 1 fully saturated rings. The molecule has 1 aromatic rings. The average Bonchev–Trinajstić information content (AvgIpc) is 2.78. The van der Waals surface area contributed by atoms with Crippen LogP contribution >= 0.6 is 27.5 Å². The van der Waals surface area contributed by atoms with Gasteiger partial charge in [0.2, 0.25) is 10.0 Å². The van der Waals surface area contributed by atoms with E-state index in [4.69, 9.17) is 11.6 Å². The molecule has 0 amide bonds. The lowest BCUT2D eigenvalue weighted by molar-refractivity contribution is 0.411. The molecule has 1 unspecified atom stereocenters. The van der Waals surface area contributed by atoms with Gasteiger partial charge < -0.3 is 0 Å². The Bertz CT molecular complexity index is 506. The molecule has 0 bridgehead atoms. The van der Waals surface area contributed by atoms with Crippen LogP contribution in [-0.4, -0.2) is 31.2 Å². The fourth-order valence-electron chi connectivity index (χ4n) is 2.06. The van der Waals surface area contributed by atoms with Crippen LogP contribution in [0.5, 0.6) is 0 Å². The van der Waals surface area contributed by atoms with E-state index in [-0.39, 0.29) is 6.04 Å². The van der Waals surface area contributed by atoms with Gasteiger partial charge >= 0.3 is 0 Å². The predicted octanol–water partition coefficient (Wildman–Crippen LogP) is 2.84. The van der Waals surface area contributed by atoms with Crippen LogP contribution < -0.4 is 0 Å². The van der Waals surface area contributed by atoms with Crippen molar-refractivity contribution in [2.75, 3.05) is 12.4 Å². The summed E-state index contributed by atoms with van der Waals surface area (Å²) in [6, 6.07) is 6.80. The number of rotatable bonds is 3. The van der Waals surface area contributed by atoms with Gasteiger partial charge in [-0.3, -0.25) is 0 Å². The highest BCUT2D eigenvalue weighted by Gasteiger charge is 2.35. The third kappa shape index (κ3) is 2.52. The van der Waals surface area contributed by atoms with E-state index in [1.807, 2.05) is 0 Å². The molecule has 1 aliphatic rings. The van der Waals surface area contributed by atoms with Crippen LogP contribution in [0.2, 0.25) is 0 Å². The lowest BCUT2D eigenvalue weighted by Crippen LogP contribution is -2.36. The Labute approximate surface area is 115 Å². The Morgan fingerprint density at radius 2 is 2.12 bits per heavy atom. The van der Waals surface area contributed by atoms with Gasteiger partial charge in [-0.05, 0) is 40.9 Å². The van der Waals surface area contributed by atoms with Crippen LogP contribution in [0.4, 0.5) is 0 Å². The monoisotopic (exact) mass is 337 g/mol. The van der Waals surface area contributed by atoms with Crippen LogP contribution in [0.25, 0.3) is 0 Å². The first kappa shape index (κ1) is 13.3. The zero-order valence-electron chi connectivity index (χ0n) is 9.14. The van der Waals surface area contributed by atoms with Gasteiger partial charge in [-0.1, -0.05) is 12.1 Å². The van der Waals surface area contributed by atoms with Crippen molar-refractivity contribution in [1.29, 1.82) is 0 Å². The molecule has 2 rings (SSSR count). The quantitative estimate of drug-likeness (QED) is 0.795. The number of benzene rings is 1. The van der Waals surface area contributed by atoms with Gasteiger partial charge in [0.05, 0.1) is 4.90 Å². The molecule has 0 N–H and O–H groups in total. The Balaban J connectivity index is 2.40. The van der Waals surface area contributed by atoms with Crippen LogP contribution in [-0.2, 0) is 10.0 Å². The summed E-state index contributed by atoms with van der Waals surface area (Å²) in [5.41, 5.74) is 0. The SMILES string of the molecule is O=S(=O)(c1ccccc1Br)N1CCCC1CCl. The van der Waals surface area contributed by atoms with Crippen molar-refractivity contribution in [1.82, 2.24) is 4.31 Å². The molecule has 0 aliphatic carbocycles. The van der Waals surface area contributed by atoms with Crippen molar-refractivity contribution in [2.24, 2.45) is 0 Å². The van der Waals surface area contributed by atoms with Gasteiger partial charge in [0.25, 0.3) is 0 Å². The first-order valence-electron chi connectivity index (χ1n) is 5.39. The minimum absolute atomic E-state index is 0.0752. The van der Waals surface area contributed by atoms with Crippen LogP contribution in [0, 0.1) is 0 Å². The largest absolute Gasteiger partial charge is 0.244 e. The second kappa shape index (κ2) is 5.26. The summed E-state index contributed by atoms with van der Waals surface area (Å²) in [6.45, 7) is 0.557. The maximum Gasteiger partial charge on any atom is 0.244 e. The third-order valence-electron chi connectivity index (χ3n) is 2.92. The summed E-state index contributed by atoms with van der Waals surface area (Å²) < 4.78 is 27.0. The first-order chi connectivity index (χ1) is 8.07. The van der Waals surface area contributed by atoms with Gasteiger partial charge in [-0.2, -0.15) is 4.31 Å². The number of nitrogens with zero attached hydrogens (tertiary/aromatic N) is 1. The smallest absolute Gasteiger partial charge is 0.207 e. The van der Waals surface area contributed by atoms with E-state index in [9.17, 15) is 8.42 Å². The van der Waals surface area contributed by atoms with E-state index < -0.39 is 10.0 Å². The molecule has 3 nitrogen and oxygen atoms in total. The molecule has 0 radical (unpaired) electrons. The fraction of sp³-hybridized carbons (Fsp3) is 0.455. The van der Waals surface area contributed by atoms with Crippen LogP contribution in [0.15, 0.2) is 33.6 Å². The number of hydrogen-bond acceptors (Lipinski definition) is 2. The Morgan fingerprint density at radius 1 is 1.41 bits per heavy atom. The number of hydrogen-bond donors (Lipinski definition) is 0. The number of sulfonamides is 1. The van der Waals surface area contributed by atoms with Gasteiger partial charge in [-0.25, -0.2) is 8.42 Å². The lowest BCUT2D eigenvalue weighted by atomic mass is 10.3. The minimum atomic E-state index is -3.43. The van der Waals surface area contributed by atoms with Crippen molar-refractivity contribution in [2.45, 2.75) is 23.8 Å². The highest BCUT2D eigenvalue weighted by atomic mass is 79.9. The van der Waals surface area contributed by atoms with E-state index in [2.05, 4.69) is 15.9 Å². The molecular formula is C11H13BrClNO2S. The van der Waals surface area contributed by atoms with E-state index in [1.54, 1.807) is 24.3 Å². The Hall–Kier alpha value is -0.100. The summed E-state index contributed by atoms with van der Waals surface area (Å²) in [7, 11) is -3.43. The zero-order chi connectivity index (χ0) is 12.5. The minimum Gasteiger partial charge on any atom is -0.207 e. The standard InChI is InChI=1S/C11H13BrClNO2S/c12-10-5-1-2-6-11(10)17(15,16)14-7-3-4-9(14)8-13/h1-2,5-6,9H,3-4,7-8H2. The van der Waals surface area contributed by atoms with Gasteiger partial charge in [0.15, 0.2) is 0 Å². The van der Waals surface area contributed by atoms with Gasteiger partial charge in [-0.15, -0.1) is 11.6 Å². The molecule has 1 aliphatic heterocycles. The van der Waals surface area contributed by atoms with Crippen LogP contribution in [0.3, 0.4) is 0 Å². The van der Waals surface area contributed by atoms with Crippen molar-refractivity contribution in [3.8, 4) is 0 Å². The molecule has 17 heavy (non-hydrogen) atoms. The summed E-state index contributed by atoms with van der Waals surface area (Å²) >= 11 is 9.10. The third-order valence-corrected chi connectivity index (χ3v) is 6.24. The number of alkyl halides is 1. The summed E-state index contributed by atoms with van der Waals surface area (Å²) in [4.78, 5) is 0.317. The second-order valence-electron chi connectivity index (χ2n) is 4.00. The highest BCUT2D eigenvalue weighted by Crippen LogP contribution is 2.30. The molecule has 0 aromatic heterocycles. The average molecular weight is 339 g/mol. The molecule has 1 saturated heterocycles. The van der Waals surface area contributed by atoms with Crippen molar-refractivity contribution >= 4 is 37.6 Å². The molecule has 94 valence electrons. The summed E-state index contributed by atoms with van der Waals surface area (Å²) in [6.07, 6.45) is 1.72. The van der Waals surface area contributed by atoms with Crippen molar-refractivity contribution < 1.29 is 8.42 Å². The second-order valence-corrected chi connectivity index (χ2v) is 7.02. The number of halogens is 2. The highest BCUT2D eigenvalue weighted by molar-refractivity contribution is 9.10. The Morgan fingerprint density at radius 3 is 2.76 bits per heavy atom. The molecule has 0 spiro atoms. The van der Waals surface area contributed by atoms with E-state index in [0.29, 0.717) is 21.8 Å². The zero-order valence-corrected chi connectivity index (χ0v) is 12.3. The molecule has 1 atom stereocenters. The topological polar surface area (TPSA) is 37.4 Å². The molecule has 1 aromatic carbocycles. The maximum atomic E-state index is 12.5. The van der Waals surface area contributed by atoms with Crippen molar-refractivity contribution in [3.05, 3.63) is 28.7 Å². The normalized spacial score (nSPS) is 21.9. The van der Waals surface area contributed by atoms with Crippen LogP contribution in [0.1, 0.15) is 12.8 Å². The first-order valence-corrected chi connectivity index (χ1v) is 8.16. The fourth-order valence-corrected chi connectivity index (χ4v) is 5.12. The molecule has 1 heterocycles. The summed E-state index contributed by atoms with van der Waals surface area (Å²) in [5, 5.41) is 0. The van der Waals surface area contributed by atoms with Crippen molar-refractivity contribution in [3.63, 3.8) is 0 Å². The lowest BCUT2D eigenvalue weighted by Gasteiger charge is -2.22. The molecule has 6 heteroatoms. The predicted molar refractivity (Wildman–Crippen MR) is 71.8 cm³/mol. The maximum absolute atomic E-state index is 12.5. The van der Waals surface area contributed by atoms with Gasteiger partial charge in [0.1, 0.15) is 0 Å².